The first kappa shape index (κ1) is 15.5. The van der Waals surface area contributed by atoms with Gasteiger partial charge in [-0.3, -0.25) is 4.79 Å². The normalized spacial score (nSPS) is 10.4. The van der Waals surface area contributed by atoms with Gasteiger partial charge in [0, 0.05) is 11.3 Å². The Bertz CT molecular complexity index is 627. The van der Waals surface area contributed by atoms with E-state index in [0.717, 1.165) is 4.90 Å². The molecular weight excluding hydrogens is 294 g/mol. The van der Waals surface area contributed by atoms with Crippen LogP contribution in [0.15, 0.2) is 47.4 Å². The van der Waals surface area contributed by atoms with Gasteiger partial charge in [-0.1, -0.05) is 6.07 Å². The van der Waals surface area contributed by atoms with E-state index >= 15 is 0 Å². The van der Waals surface area contributed by atoms with E-state index in [4.69, 9.17) is 4.74 Å². The van der Waals surface area contributed by atoms with E-state index in [0.29, 0.717) is 5.56 Å². The molecule has 0 heterocycles. The first-order chi connectivity index (χ1) is 10.1. The van der Waals surface area contributed by atoms with Gasteiger partial charge in [-0.05, 0) is 42.0 Å². The number of benzene rings is 2. The second-order valence-corrected chi connectivity index (χ2v) is 5.48. The predicted octanol–water partition coefficient (Wildman–Crippen LogP) is 3.88. The number of methoxy groups -OCH3 is 1. The zero-order valence-electron chi connectivity index (χ0n) is 11.4. The van der Waals surface area contributed by atoms with Crippen LogP contribution >= 0.6 is 11.8 Å². The van der Waals surface area contributed by atoms with E-state index in [1.807, 2.05) is 0 Å². The van der Waals surface area contributed by atoms with Crippen molar-refractivity contribution in [2.75, 3.05) is 12.9 Å². The van der Waals surface area contributed by atoms with E-state index < -0.39 is 5.82 Å². The molecule has 0 bridgehead atoms. The van der Waals surface area contributed by atoms with E-state index in [1.54, 1.807) is 18.2 Å². The summed E-state index contributed by atoms with van der Waals surface area (Å²) in [6.07, 6.45) is 0.162. The molecule has 0 unspecified atom stereocenters. The first-order valence-corrected chi connectivity index (χ1v) is 7.29. The maximum Gasteiger partial charge on any atom is 0.165 e. The van der Waals surface area contributed by atoms with Crippen molar-refractivity contribution < 1.29 is 18.3 Å². The second-order valence-electron chi connectivity index (χ2n) is 4.43. The van der Waals surface area contributed by atoms with E-state index in [1.165, 1.54) is 43.1 Å². The molecule has 0 aliphatic carbocycles. The number of ketones is 1. The highest BCUT2D eigenvalue weighted by molar-refractivity contribution is 8.00. The van der Waals surface area contributed by atoms with Crippen LogP contribution in [0.2, 0.25) is 0 Å². The molecule has 0 N–H and O–H groups in total. The minimum Gasteiger partial charge on any atom is -0.494 e. The highest BCUT2D eigenvalue weighted by atomic mass is 32.2. The molecule has 2 rings (SSSR count). The third-order valence-corrected chi connectivity index (χ3v) is 3.90. The Balaban J connectivity index is 1.89. The summed E-state index contributed by atoms with van der Waals surface area (Å²) in [7, 11) is 1.39. The molecule has 0 spiro atoms. The number of hydrogen-bond donors (Lipinski definition) is 0. The van der Waals surface area contributed by atoms with Crippen molar-refractivity contribution in [3.8, 4) is 5.75 Å². The van der Waals surface area contributed by atoms with E-state index in [9.17, 15) is 13.6 Å². The average Bonchev–Trinajstić information content (AvgIpc) is 2.47. The zero-order valence-corrected chi connectivity index (χ0v) is 12.3. The maximum absolute atomic E-state index is 13.5. The molecule has 0 amide bonds. The van der Waals surface area contributed by atoms with Crippen LogP contribution in [0.1, 0.15) is 5.56 Å². The van der Waals surface area contributed by atoms with Gasteiger partial charge in [0.2, 0.25) is 0 Å². The Morgan fingerprint density at radius 3 is 2.48 bits per heavy atom. The van der Waals surface area contributed by atoms with Crippen molar-refractivity contribution >= 4 is 17.5 Å². The van der Waals surface area contributed by atoms with Crippen molar-refractivity contribution in [3.63, 3.8) is 0 Å². The van der Waals surface area contributed by atoms with E-state index in [2.05, 4.69) is 0 Å². The largest absolute Gasteiger partial charge is 0.494 e. The smallest absolute Gasteiger partial charge is 0.165 e. The lowest BCUT2D eigenvalue weighted by Crippen LogP contribution is -2.06. The van der Waals surface area contributed by atoms with E-state index in [-0.39, 0.29) is 29.5 Å². The summed E-state index contributed by atoms with van der Waals surface area (Å²) in [5.74, 6) is -0.381. The van der Waals surface area contributed by atoms with Gasteiger partial charge in [0.25, 0.3) is 0 Å². The molecule has 110 valence electrons. The van der Waals surface area contributed by atoms with Crippen LogP contribution in [0, 0.1) is 11.6 Å². The number of carbonyl (C=O) groups excluding carboxylic acids is 1. The topological polar surface area (TPSA) is 26.3 Å². The number of hydrogen-bond acceptors (Lipinski definition) is 3. The van der Waals surface area contributed by atoms with Crippen LogP contribution in [-0.4, -0.2) is 18.6 Å². The average molecular weight is 308 g/mol. The molecule has 0 aliphatic heterocycles. The maximum atomic E-state index is 13.5. The molecule has 0 atom stereocenters. The molecule has 0 saturated heterocycles. The minimum absolute atomic E-state index is 0.0195. The van der Waals surface area contributed by atoms with Crippen molar-refractivity contribution in [2.45, 2.75) is 11.3 Å². The monoisotopic (exact) mass is 308 g/mol. The van der Waals surface area contributed by atoms with Crippen LogP contribution < -0.4 is 4.74 Å². The van der Waals surface area contributed by atoms with Gasteiger partial charge in [-0.25, -0.2) is 8.78 Å². The molecule has 0 radical (unpaired) electrons. The number of rotatable bonds is 6. The van der Waals surface area contributed by atoms with Gasteiger partial charge in [0.1, 0.15) is 11.6 Å². The van der Waals surface area contributed by atoms with Gasteiger partial charge in [-0.2, -0.15) is 0 Å². The number of thioether (sulfide) groups is 1. The second kappa shape index (κ2) is 7.22. The summed E-state index contributed by atoms with van der Waals surface area (Å²) in [6.45, 7) is 0. The fourth-order valence-corrected chi connectivity index (χ4v) is 2.55. The Kier molecular flexibility index (Phi) is 5.33. The standard InChI is InChI=1S/C16H14F2O2S/c1-20-16-7-2-11(9-15(16)18)8-13(19)10-21-14-5-3-12(17)4-6-14/h2-7,9H,8,10H2,1H3. The Labute approximate surface area is 126 Å². The molecule has 2 nitrogen and oxygen atoms in total. The van der Waals surface area contributed by atoms with Gasteiger partial charge >= 0.3 is 0 Å². The van der Waals surface area contributed by atoms with Crippen LogP contribution in [0.4, 0.5) is 8.78 Å². The van der Waals surface area contributed by atoms with Gasteiger partial charge in [0.05, 0.1) is 12.9 Å². The highest BCUT2D eigenvalue weighted by Gasteiger charge is 2.08. The van der Waals surface area contributed by atoms with Crippen molar-refractivity contribution in [3.05, 3.63) is 59.7 Å². The Morgan fingerprint density at radius 2 is 1.86 bits per heavy atom. The minimum atomic E-state index is -0.478. The lowest BCUT2D eigenvalue weighted by molar-refractivity contribution is -0.116. The number of halogens is 2. The first-order valence-electron chi connectivity index (χ1n) is 6.31. The van der Waals surface area contributed by atoms with Crippen molar-refractivity contribution in [1.29, 1.82) is 0 Å². The van der Waals surface area contributed by atoms with Crippen molar-refractivity contribution in [1.82, 2.24) is 0 Å². The fourth-order valence-electron chi connectivity index (χ4n) is 1.79. The molecule has 0 fully saturated rings. The molecule has 0 saturated carbocycles. The zero-order chi connectivity index (χ0) is 15.2. The molecule has 2 aromatic rings. The van der Waals surface area contributed by atoms with Crippen LogP contribution in [0.5, 0.6) is 5.75 Å². The molecule has 0 aliphatic rings. The number of Topliss-reactive ketones (excluding diaryl/α,β-unsaturated/α-hetero) is 1. The van der Waals surface area contributed by atoms with Crippen LogP contribution in [-0.2, 0) is 11.2 Å². The molecule has 0 aromatic heterocycles. The molecule has 21 heavy (non-hydrogen) atoms. The van der Waals surface area contributed by atoms with Crippen LogP contribution in [0.25, 0.3) is 0 Å². The Hall–Kier alpha value is -1.88. The van der Waals surface area contributed by atoms with Gasteiger partial charge < -0.3 is 4.74 Å². The van der Waals surface area contributed by atoms with Gasteiger partial charge in [-0.15, -0.1) is 11.8 Å². The fraction of sp³-hybridized carbons (Fsp3) is 0.188. The SMILES string of the molecule is COc1ccc(CC(=O)CSc2ccc(F)cc2)cc1F. The Morgan fingerprint density at radius 1 is 1.14 bits per heavy atom. The molecular formula is C16H14F2O2S. The third-order valence-electron chi connectivity index (χ3n) is 2.83. The summed E-state index contributed by atoms with van der Waals surface area (Å²) < 4.78 is 31.1. The summed E-state index contributed by atoms with van der Waals surface area (Å²) in [6, 6.07) is 10.4. The van der Waals surface area contributed by atoms with Crippen LogP contribution in [0.3, 0.4) is 0 Å². The lowest BCUT2D eigenvalue weighted by Gasteiger charge is -2.05. The molecule has 2 aromatic carbocycles. The quantitative estimate of drug-likeness (QED) is 0.758. The summed E-state index contributed by atoms with van der Waals surface area (Å²) in [5.41, 5.74) is 0.609. The number of ether oxygens (including phenoxy) is 1. The number of carbonyl (C=O) groups is 1. The summed E-state index contributed by atoms with van der Waals surface area (Å²) in [4.78, 5) is 12.7. The predicted molar refractivity (Wildman–Crippen MR) is 78.8 cm³/mol. The lowest BCUT2D eigenvalue weighted by atomic mass is 10.1. The molecule has 5 heteroatoms. The third kappa shape index (κ3) is 4.56. The summed E-state index contributed by atoms with van der Waals surface area (Å²) >= 11 is 1.33. The highest BCUT2D eigenvalue weighted by Crippen LogP contribution is 2.20. The van der Waals surface area contributed by atoms with Gasteiger partial charge in [0.15, 0.2) is 11.6 Å². The van der Waals surface area contributed by atoms with Crippen molar-refractivity contribution in [2.24, 2.45) is 0 Å². The summed E-state index contributed by atoms with van der Waals surface area (Å²) in [5, 5.41) is 0.